The zero-order chi connectivity index (χ0) is 20.5. The summed E-state index contributed by atoms with van der Waals surface area (Å²) in [6.45, 7) is 9.40. The molecule has 6 heteroatoms. The summed E-state index contributed by atoms with van der Waals surface area (Å²) in [6, 6.07) is 17.4. The van der Waals surface area contributed by atoms with Crippen molar-refractivity contribution in [1.29, 1.82) is 0 Å². The van der Waals surface area contributed by atoms with Crippen LogP contribution in [0.4, 0.5) is 0 Å². The van der Waals surface area contributed by atoms with Crippen LogP contribution in [-0.2, 0) is 31.3 Å². The second kappa shape index (κ2) is 8.87. The molecule has 29 heavy (non-hydrogen) atoms. The molecule has 0 fully saturated rings. The summed E-state index contributed by atoms with van der Waals surface area (Å²) in [6.07, 6.45) is 1.17. The number of hydrogen-bond donors (Lipinski definition) is 1. The van der Waals surface area contributed by atoms with Crippen molar-refractivity contribution >= 4 is 33.4 Å². The molecule has 0 bridgehead atoms. The molecule has 4 aromatic rings. The van der Waals surface area contributed by atoms with Gasteiger partial charge in [-0.1, -0.05) is 38.3 Å². The molecule has 0 atom stereocenters. The van der Waals surface area contributed by atoms with Crippen molar-refractivity contribution in [1.82, 2.24) is 14.4 Å². The Balaban J connectivity index is 0.000000327. The third-order valence-electron chi connectivity index (χ3n) is 4.14. The van der Waals surface area contributed by atoms with Gasteiger partial charge in [-0.05, 0) is 31.5 Å². The molecule has 5 nitrogen and oxygen atoms in total. The number of para-hydroxylation sites is 2. The Morgan fingerprint density at radius 2 is 1.72 bits per heavy atom. The maximum atomic E-state index is 10.0. The topological polar surface area (TPSA) is 67.5 Å². The van der Waals surface area contributed by atoms with Gasteiger partial charge >= 0.3 is 0 Å². The van der Waals surface area contributed by atoms with Crippen LogP contribution in [0.1, 0.15) is 40.4 Å². The van der Waals surface area contributed by atoms with Crippen molar-refractivity contribution in [2.45, 2.75) is 40.0 Å². The van der Waals surface area contributed by atoms with Gasteiger partial charge in [-0.25, -0.2) is 0 Å². The van der Waals surface area contributed by atoms with Gasteiger partial charge in [0.2, 0.25) is 0 Å². The molecule has 1 N–H and O–H groups in total. The Morgan fingerprint density at radius 1 is 1.07 bits per heavy atom. The molecule has 0 saturated carbocycles. The van der Waals surface area contributed by atoms with E-state index in [0.29, 0.717) is 0 Å². The number of aliphatic hydroxyl groups excluding tert-OH is 1. The number of allylic oxidation sites excluding steroid dienone is 2. The van der Waals surface area contributed by atoms with Crippen LogP contribution in [0.5, 0.6) is 0 Å². The normalized spacial score (nSPS) is 11.8. The number of rotatable bonds is 1. The Kier molecular flexibility index (Phi) is 6.97. The smallest absolute Gasteiger partial charge is 0.155 e. The van der Waals surface area contributed by atoms with Crippen molar-refractivity contribution in [3.8, 4) is 0 Å². The maximum absolute atomic E-state index is 10.0. The molecule has 0 saturated heterocycles. The first kappa shape index (κ1) is 22.8. The first-order valence-electron chi connectivity index (χ1n) is 9.14. The Labute approximate surface area is 184 Å². The van der Waals surface area contributed by atoms with Crippen LogP contribution in [0.15, 0.2) is 54.3 Å². The quantitative estimate of drug-likeness (QED) is 0.195. The van der Waals surface area contributed by atoms with E-state index in [9.17, 15) is 4.79 Å². The van der Waals surface area contributed by atoms with Crippen molar-refractivity contribution in [2.75, 3.05) is 0 Å². The minimum Gasteiger partial charge on any atom is -0.512 e. The first-order valence-corrected chi connectivity index (χ1v) is 9.14. The minimum absolute atomic E-state index is 0. The van der Waals surface area contributed by atoms with Gasteiger partial charge in [0, 0.05) is 32.6 Å². The van der Waals surface area contributed by atoms with Crippen molar-refractivity contribution < 1.29 is 31.0 Å². The summed E-state index contributed by atoms with van der Waals surface area (Å²) in [5, 5.41) is 9.34. The van der Waals surface area contributed by atoms with Crippen LogP contribution in [-0.4, -0.2) is 25.3 Å². The van der Waals surface area contributed by atoms with Crippen molar-refractivity contribution in [2.24, 2.45) is 0 Å². The van der Waals surface area contributed by atoms with Crippen molar-refractivity contribution in [3.05, 3.63) is 66.2 Å². The van der Waals surface area contributed by atoms with E-state index in [4.69, 9.17) is 15.1 Å². The Bertz CT molecular complexity index is 1200. The van der Waals surface area contributed by atoms with E-state index >= 15 is 0 Å². The fourth-order valence-electron chi connectivity index (χ4n) is 3.07. The number of carbonyl (C=O) groups is 1. The third-order valence-corrected chi connectivity index (χ3v) is 4.14. The van der Waals surface area contributed by atoms with E-state index in [1.807, 2.05) is 36.4 Å². The number of aliphatic hydroxyl groups is 1. The van der Waals surface area contributed by atoms with Gasteiger partial charge in [0.1, 0.15) is 5.82 Å². The molecule has 0 aliphatic heterocycles. The molecule has 0 amide bonds. The molecular formula is C23H24N3O2Pt-. The van der Waals surface area contributed by atoms with E-state index in [1.165, 1.54) is 19.9 Å². The average molecular weight is 570 g/mol. The van der Waals surface area contributed by atoms with Gasteiger partial charge in [0.05, 0.1) is 22.4 Å². The van der Waals surface area contributed by atoms with E-state index in [0.717, 1.165) is 33.4 Å². The molecule has 0 spiro atoms. The molecule has 0 radical (unpaired) electrons. The number of carbonyl (C=O) groups excluding carboxylic acids is 1. The van der Waals surface area contributed by atoms with Crippen LogP contribution < -0.4 is 0 Å². The number of fused-ring (bicyclic) bond motifs is 5. The van der Waals surface area contributed by atoms with Crippen LogP contribution >= 0.6 is 0 Å². The summed E-state index contributed by atoms with van der Waals surface area (Å²) in [5.74, 6) is 0.964. The largest absolute Gasteiger partial charge is 0.512 e. The molecule has 0 unspecified atom stereocenters. The monoisotopic (exact) mass is 569 g/mol. The van der Waals surface area contributed by atoms with E-state index in [-0.39, 0.29) is 38.0 Å². The van der Waals surface area contributed by atoms with E-state index < -0.39 is 0 Å². The van der Waals surface area contributed by atoms with Crippen LogP contribution in [0.25, 0.3) is 27.6 Å². The van der Waals surface area contributed by atoms with Gasteiger partial charge in [-0.3, -0.25) is 14.8 Å². The molecule has 0 aliphatic rings. The fraction of sp³-hybridized carbons (Fsp3) is 0.261. The van der Waals surface area contributed by atoms with Crippen LogP contribution in [0.2, 0.25) is 0 Å². The van der Waals surface area contributed by atoms with Gasteiger partial charge in [-0.15, -0.1) is 24.3 Å². The second-order valence-electron chi connectivity index (χ2n) is 7.77. The van der Waals surface area contributed by atoms with Crippen molar-refractivity contribution in [3.63, 3.8) is 0 Å². The van der Waals surface area contributed by atoms with Crippen LogP contribution in [0, 0.1) is 6.07 Å². The summed E-state index contributed by atoms with van der Waals surface area (Å²) >= 11 is 0. The molecule has 4 rings (SSSR count). The number of ketones is 1. The third kappa shape index (κ3) is 4.91. The zero-order valence-corrected chi connectivity index (χ0v) is 19.4. The number of aromatic nitrogens is 3. The number of imidazole rings is 1. The fourth-order valence-corrected chi connectivity index (χ4v) is 3.07. The standard InChI is InChI=1S/C18H16N3.C5H8O2.Pt/c1-18(2,3)17-20-13-9-5-4-8-12(13)16-19-14-10-6-7-11-15(14)21(16)17;1-4(6)3-5(2)7;/h4-7,9-11H,1-3H3;3,6H,1-2H3;/q-1;;. The molecule has 2 aromatic carbocycles. The molecular weight excluding hydrogens is 545 g/mol. The molecule has 2 aromatic heterocycles. The van der Waals surface area contributed by atoms with E-state index in [1.54, 1.807) is 0 Å². The first-order chi connectivity index (χ1) is 13.2. The summed E-state index contributed by atoms with van der Waals surface area (Å²) in [5.41, 5.74) is 3.92. The average Bonchev–Trinajstić information content (AvgIpc) is 2.99. The number of benzene rings is 2. The van der Waals surface area contributed by atoms with Gasteiger partial charge in [-0.2, -0.15) is 0 Å². The van der Waals surface area contributed by atoms with Crippen LogP contribution in [0.3, 0.4) is 0 Å². The summed E-state index contributed by atoms with van der Waals surface area (Å²) in [7, 11) is 0. The Morgan fingerprint density at radius 3 is 2.31 bits per heavy atom. The van der Waals surface area contributed by atoms with Gasteiger partial charge < -0.3 is 9.51 Å². The number of nitrogens with zero attached hydrogens (tertiary/aromatic N) is 3. The predicted molar refractivity (Wildman–Crippen MR) is 113 cm³/mol. The number of hydrogen-bond acceptors (Lipinski definition) is 4. The second-order valence-corrected chi connectivity index (χ2v) is 7.77. The SMILES string of the molecule is CC(=O)C=C(C)O.CC(C)(C)c1nc2ccc[c-]c2c2nc3ccccc3n12.[Pt]. The maximum Gasteiger partial charge on any atom is 0.155 e. The van der Waals surface area contributed by atoms with Gasteiger partial charge in [0.25, 0.3) is 0 Å². The van der Waals surface area contributed by atoms with E-state index in [2.05, 4.69) is 37.3 Å². The molecule has 154 valence electrons. The molecule has 2 heterocycles. The minimum atomic E-state index is -0.125. The summed E-state index contributed by atoms with van der Waals surface area (Å²) < 4.78 is 2.17. The van der Waals surface area contributed by atoms with Gasteiger partial charge in [0.15, 0.2) is 5.78 Å². The Hall–Kier alpha value is -2.52. The molecule has 0 aliphatic carbocycles. The summed E-state index contributed by atoms with van der Waals surface area (Å²) in [4.78, 5) is 19.7. The predicted octanol–water partition coefficient (Wildman–Crippen LogP) is 5.17. The zero-order valence-electron chi connectivity index (χ0n) is 17.1.